The third-order valence-corrected chi connectivity index (χ3v) is 7.02. The van der Waals surface area contributed by atoms with Crippen molar-refractivity contribution in [3.8, 4) is 11.5 Å². The van der Waals surface area contributed by atoms with E-state index in [0.29, 0.717) is 0 Å². The van der Waals surface area contributed by atoms with E-state index < -0.39 is 0 Å². The zero-order valence-electron chi connectivity index (χ0n) is 18.5. The number of hydrogen-bond acceptors (Lipinski definition) is 4. The highest BCUT2D eigenvalue weighted by Crippen LogP contribution is 2.56. The van der Waals surface area contributed by atoms with Crippen molar-refractivity contribution >= 4 is 5.97 Å². The molecular formula is C28H28O4. The van der Waals surface area contributed by atoms with Crippen LogP contribution in [0.4, 0.5) is 0 Å². The van der Waals surface area contributed by atoms with Crippen molar-refractivity contribution in [3.63, 3.8) is 0 Å². The molecule has 164 valence electrons. The number of benzene rings is 3. The van der Waals surface area contributed by atoms with Gasteiger partial charge in [-0.3, -0.25) is 4.79 Å². The molecule has 1 saturated carbocycles. The Bertz CT molecular complexity index is 1040. The van der Waals surface area contributed by atoms with Crippen molar-refractivity contribution in [1.29, 1.82) is 0 Å². The van der Waals surface area contributed by atoms with Gasteiger partial charge in [-0.05, 0) is 40.8 Å². The fourth-order valence-corrected chi connectivity index (χ4v) is 5.41. The second-order valence-electron chi connectivity index (χ2n) is 8.69. The van der Waals surface area contributed by atoms with Gasteiger partial charge in [-0.2, -0.15) is 0 Å². The van der Waals surface area contributed by atoms with Crippen LogP contribution in [0, 0.1) is 5.92 Å². The molecule has 0 amide bonds. The van der Waals surface area contributed by atoms with Crippen LogP contribution in [-0.4, -0.2) is 26.3 Å². The molecule has 0 radical (unpaired) electrons. The molecule has 1 fully saturated rings. The molecular weight excluding hydrogens is 400 g/mol. The topological polar surface area (TPSA) is 44.8 Å². The predicted molar refractivity (Wildman–Crippen MR) is 123 cm³/mol. The molecule has 3 atom stereocenters. The maximum Gasteiger partial charge on any atom is 0.310 e. The van der Waals surface area contributed by atoms with Gasteiger partial charge in [-0.1, -0.05) is 60.7 Å². The second kappa shape index (κ2) is 8.70. The van der Waals surface area contributed by atoms with Gasteiger partial charge >= 0.3 is 5.97 Å². The van der Waals surface area contributed by atoms with Crippen molar-refractivity contribution in [1.82, 2.24) is 0 Å². The van der Waals surface area contributed by atoms with Gasteiger partial charge in [-0.25, -0.2) is 0 Å². The highest BCUT2D eigenvalue weighted by molar-refractivity contribution is 5.78. The first kappa shape index (κ1) is 20.6. The SMILES string of the molecule is COc1ccccc1C1C[C@H](c2ccccc2OC)C1C(=O)OC1Cc2ccccc2C1. The van der Waals surface area contributed by atoms with Crippen LogP contribution in [-0.2, 0) is 22.4 Å². The summed E-state index contributed by atoms with van der Waals surface area (Å²) in [6.07, 6.45) is 2.32. The quantitative estimate of drug-likeness (QED) is 0.500. The first-order valence-corrected chi connectivity index (χ1v) is 11.2. The molecule has 32 heavy (non-hydrogen) atoms. The van der Waals surface area contributed by atoms with E-state index in [4.69, 9.17) is 14.2 Å². The van der Waals surface area contributed by atoms with Crippen LogP contribution in [0.25, 0.3) is 0 Å². The molecule has 2 unspecified atom stereocenters. The number of para-hydroxylation sites is 2. The van der Waals surface area contributed by atoms with Crippen molar-refractivity contribution in [3.05, 3.63) is 95.1 Å². The number of carbonyl (C=O) groups excluding carboxylic acids is 1. The number of carbonyl (C=O) groups is 1. The zero-order valence-corrected chi connectivity index (χ0v) is 18.5. The first-order chi connectivity index (χ1) is 15.7. The molecule has 2 aliphatic carbocycles. The predicted octanol–water partition coefficient (Wildman–Crippen LogP) is 5.30. The summed E-state index contributed by atoms with van der Waals surface area (Å²) in [5.41, 5.74) is 4.69. The molecule has 0 spiro atoms. The molecule has 0 saturated heterocycles. The minimum Gasteiger partial charge on any atom is -0.496 e. The van der Waals surface area contributed by atoms with E-state index in [2.05, 4.69) is 24.3 Å². The third-order valence-electron chi connectivity index (χ3n) is 7.02. The number of fused-ring (bicyclic) bond motifs is 1. The lowest BCUT2D eigenvalue weighted by Gasteiger charge is -2.44. The molecule has 0 aliphatic heterocycles. The summed E-state index contributed by atoms with van der Waals surface area (Å²) in [5, 5.41) is 0. The van der Waals surface area contributed by atoms with Crippen molar-refractivity contribution in [2.24, 2.45) is 5.92 Å². The summed E-state index contributed by atoms with van der Waals surface area (Å²) in [6.45, 7) is 0. The lowest BCUT2D eigenvalue weighted by Crippen LogP contribution is -2.41. The van der Waals surface area contributed by atoms with E-state index in [1.165, 1.54) is 11.1 Å². The summed E-state index contributed by atoms with van der Waals surface area (Å²) in [7, 11) is 3.36. The molecule has 4 nitrogen and oxygen atoms in total. The van der Waals surface area contributed by atoms with Crippen LogP contribution < -0.4 is 9.47 Å². The molecule has 3 aromatic carbocycles. The first-order valence-electron chi connectivity index (χ1n) is 11.2. The summed E-state index contributed by atoms with van der Waals surface area (Å²) in [5.74, 6) is 1.35. The van der Waals surface area contributed by atoms with Gasteiger partial charge in [0.15, 0.2) is 0 Å². The Kier molecular flexibility index (Phi) is 5.60. The summed E-state index contributed by atoms with van der Waals surface area (Å²) < 4.78 is 17.4. The van der Waals surface area contributed by atoms with Crippen molar-refractivity contribution in [2.45, 2.75) is 37.2 Å². The van der Waals surface area contributed by atoms with Crippen LogP contribution >= 0.6 is 0 Å². The molecule has 0 aromatic heterocycles. The normalized spacial score (nSPS) is 22.0. The fourth-order valence-electron chi connectivity index (χ4n) is 5.41. The van der Waals surface area contributed by atoms with Gasteiger partial charge in [0.25, 0.3) is 0 Å². The number of esters is 1. The Morgan fingerprint density at radius 2 is 1.19 bits per heavy atom. The molecule has 5 rings (SSSR count). The van der Waals surface area contributed by atoms with E-state index in [1.54, 1.807) is 14.2 Å². The molecule has 4 heteroatoms. The van der Waals surface area contributed by atoms with Crippen LogP contribution in [0.1, 0.15) is 40.5 Å². The molecule has 0 N–H and O–H groups in total. The Hall–Kier alpha value is -3.27. The highest BCUT2D eigenvalue weighted by atomic mass is 16.5. The van der Waals surface area contributed by atoms with Gasteiger partial charge in [0.05, 0.1) is 20.1 Å². The highest BCUT2D eigenvalue weighted by Gasteiger charge is 2.50. The van der Waals surface area contributed by atoms with Gasteiger partial charge in [0.2, 0.25) is 0 Å². The van der Waals surface area contributed by atoms with E-state index in [-0.39, 0.29) is 29.8 Å². The maximum atomic E-state index is 13.6. The van der Waals surface area contributed by atoms with E-state index >= 15 is 0 Å². The largest absolute Gasteiger partial charge is 0.496 e. The zero-order chi connectivity index (χ0) is 22.1. The van der Waals surface area contributed by atoms with Crippen LogP contribution in [0.15, 0.2) is 72.8 Å². The maximum absolute atomic E-state index is 13.6. The fraction of sp³-hybridized carbons (Fsp3) is 0.321. The summed E-state index contributed by atoms with van der Waals surface area (Å²) in [6, 6.07) is 24.3. The van der Waals surface area contributed by atoms with Crippen LogP contribution in [0.5, 0.6) is 11.5 Å². The Morgan fingerprint density at radius 1 is 0.719 bits per heavy atom. The second-order valence-corrected chi connectivity index (χ2v) is 8.69. The summed E-state index contributed by atoms with van der Waals surface area (Å²) in [4.78, 5) is 13.6. The average molecular weight is 429 g/mol. The number of hydrogen-bond donors (Lipinski definition) is 0. The van der Waals surface area contributed by atoms with Gasteiger partial charge in [0, 0.05) is 24.7 Å². The Morgan fingerprint density at radius 3 is 1.69 bits per heavy atom. The molecule has 2 aliphatic rings. The minimum atomic E-state index is -0.272. The molecule has 0 heterocycles. The van der Waals surface area contributed by atoms with E-state index in [9.17, 15) is 4.79 Å². The van der Waals surface area contributed by atoms with Gasteiger partial charge < -0.3 is 14.2 Å². The van der Waals surface area contributed by atoms with Crippen LogP contribution in [0.2, 0.25) is 0 Å². The Labute approximate surface area is 189 Å². The lowest BCUT2D eigenvalue weighted by atomic mass is 9.59. The van der Waals surface area contributed by atoms with E-state index in [0.717, 1.165) is 41.9 Å². The lowest BCUT2D eigenvalue weighted by molar-refractivity contribution is -0.159. The monoisotopic (exact) mass is 428 g/mol. The van der Waals surface area contributed by atoms with Crippen LogP contribution in [0.3, 0.4) is 0 Å². The van der Waals surface area contributed by atoms with Crippen molar-refractivity contribution < 1.29 is 19.0 Å². The molecule has 0 bridgehead atoms. The van der Waals surface area contributed by atoms with Crippen molar-refractivity contribution in [2.75, 3.05) is 14.2 Å². The number of rotatable bonds is 6. The standard InChI is InChI=1S/C28H28O4/c1-30-25-13-7-5-11-21(25)23-17-24(22-12-6-8-14-26(22)31-2)27(23)28(29)32-20-15-18-9-3-4-10-19(18)16-20/h3-14,20,23-24,27H,15-17H2,1-2H3/t23-,24?,27?/m1/s1. The van der Waals surface area contributed by atoms with E-state index in [1.807, 2.05) is 48.5 Å². The average Bonchev–Trinajstić information content (AvgIpc) is 3.21. The third kappa shape index (κ3) is 3.64. The van der Waals surface area contributed by atoms with Gasteiger partial charge in [0.1, 0.15) is 17.6 Å². The minimum absolute atomic E-state index is 0.0531. The number of ether oxygens (including phenoxy) is 3. The molecule has 3 aromatic rings. The van der Waals surface area contributed by atoms with Gasteiger partial charge in [-0.15, -0.1) is 0 Å². The smallest absolute Gasteiger partial charge is 0.310 e. The Balaban J connectivity index is 1.43. The summed E-state index contributed by atoms with van der Waals surface area (Å²) >= 11 is 0. The number of methoxy groups -OCH3 is 2.